The highest BCUT2D eigenvalue weighted by atomic mass is 32.2. The van der Waals surface area contributed by atoms with Gasteiger partial charge in [0.25, 0.3) is 5.56 Å². The first kappa shape index (κ1) is 24.6. The van der Waals surface area contributed by atoms with Gasteiger partial charge in [-0.15, -0.1) is 0 Å². The maximum Gasteiger partial charge on any atom is 0.262 e. The van der Waals surface area contributed by atoms with Crippen molar-refractivity contribution >= 4 is 45.2 Å². The van der Waals surface area contributed by atoms with Gasteiger partial charge in [0.1, 0.15) is 17.0 Å². The van der Waals surface area contributed by atoms with Crippen molar-refractivity contribution in [3.8, 4) is 0 Å². The molecule has 0 spiro atoms. The van der Waals surface area contributed by atoms with Crippen molar-refractivity contribution in [2.24, 2.45) is 0 Å². The predicted octanol–water partition coefficient (Wildman–Crippen LogP) is 1.51. The molecule has 3 heterocycles. The van der Waals surface area contributed by atoms with E-state index >= 15 is 0 Å². The second kappa shape index (κ2) is 11.3. The molecule has 1 saturated heterocycles. The number of aromatic amines is 1. The average molecular weight is 514 g/mol. The van der Waals surface area contributed by atoms with Crippen LogP contribution in [0.2, 0.25) is 0 Å². The predicted molar refractivity (Wildman–Crippen MR) is 138 cm³/mol. The SMILES string of the molecule is O=c1[nH]cnc2cc(N[C@H]3CCCC[C@H]3NNS(=O)[O-])nc(Nc3ccc(N4CCOCC4)cc3)c12. The van der Waals surface area contributed by atoms with Crippen LogP contribution in [0, 0.1) is 0 Å². The number of hydrazine groups is 1. The summed E-state index contributed by atoms with van der Waals surface area (Å²) in [6.45, 7) is 3.14. The molecule has 0 bridgehead atoms. The van der Waals surface area contributed by atoms with E-state index in [1.165, 1.54) is 6.33 Å². The lowest BCUT2D eigenvalue weighted by atomic mass is 9.91. The van der Waals surface area contributed by atoms with Crippen LogP contribution in [0.4, 0.5) is 23.0 Å². The number of anilines is 4. The Balaban J connectivity index is 1.40. The number of pyridine rings is 1. The molecule has 3 aromatic rings. The number of fused-ring (bicyclic) bond motifs is 1. The highest BCUT2D eigenvalue weighted by Gasteiger charge is 2.26. The lowest BCUT2D eigenvalue weighted by molar-refractivity contribution is 0.122. The van der Waals surface area contributed by atoms with E-state index in [1.54, 1.807) is 6.07 Å². The van der Waals surface area contributed by atoms with E-state index < -0.39 is 11.3 Å². The van der Waals surface area contributed by atoms with Gasteiger partial charge in [0.05, 0.1) is 25.1 Å². The molecule has 0 radical (unpaired) electrons. The molecule has 5 rings (SSSR count). The molecule has 12 nitrogen and oxygen atoms in total. The second-order valence-electron chi connectivity index (χ2n) is 8.88. The van der Waals surface area contributed by atoms with E-state index in [1.807, 2.05) is 24.3 Å². The summed E-state index contributed by atoms with van der Waals surface area (Å²) in [4.78, 5) is 28.9. The van der Waals surface area contributed by atoms with E-state index in [4.69, 9.17) is 9.72 Å². The van der Waals surface area contributed by atoms with E-state index in [-0.39, 0.29) is 17.6 Å². The third-order valence-corrected chi connectivity index (χ3v) is 6.84. The van der Waals surface area contributed by atoms with Crippen LogP contribution in [0.25, 0.3) is 10.9 Å². The fraction of sp³-hybridized carbons (Fsp3) is 0.435. The summed E-state index contributed by atoms with van der Waals surface area (Å²) in [7, 11) is 0. The topological polar surface area (TPSA) is 159 Å². The Hall–Kier alpha value is -3.10. The number of aromatic nitrogens is 3. The normalized spacial score (nSPS) is 21.3. The number of morpholine rings is 1. The van der Waals surface area contributed by atoms with Gasteiger partial charge in [0, 0.05) is 53.9 Å². The number of hydrogen-bond donors (Lipinski definition) is 5. The molecular weight excluding hydrogens is 484 g/mol. The first-order valence-electron chi connectivity index (χ1n) is 12.0. The second-order valence-corrected chi connectivity index (χ2v) is 9.55. The molecule has 13 heteroatoms. The molecule has 1 aromatic carbocycles. The third kappa shape index (κ3) is 5.82. The monoisotopic (exact) mass is 513 g/mol. The Bertz CT molecular complexity index is 1270. The van der Waals surface area contributed by atoms with Gasteiger partial charge in [-0.05, 0) is 37.1 Å². The minimum absolute atomic E-state index is 0.0533. The summed E-state index contributed by atoms with van der Waals surface area (Å²) in [5, 5.41) is 7.07. The van der Waals surface area contributed by atoms with Gasteiger partial charge in [-0.25, -0.2) is 15.4 Å². The minimum Gasteiger partial charge on any atom is -0.759 e. The zero-order valence-corrected chi connectivity index (χ0v) is 20.5. The number of rotatable bonds is 8. The summed E-state index contributed by atoms with van der Waals surface area (Å²) in [6.07, 6.45) is 5.04. The van der Waals surface area contributed by atoms with Crippen molar-refractivity contribution in [3.63, 3.8) is 0 Å². The molecule has 2 fully saturated rings. The summed E-state index contributed by atoms with van der Waals surface area (Å²) < 4.78 is 27.3. The molecule has 3 atom stereocenters. The Kier molecular flexibility index (Phi) is 7.72. The van der Waals surface area contributed by atoms with Crippen LogP contribution in [-0.4, -0.2) is 62.1 Å². The van der Waals surface area contributed by atoms with Crippen LogP contribution in [-0.2, 0) is 16.0 Å². The standard InChI is InChI=1S/C23H30N8O4S/c32-23-21-19(24-14-25-23)13-20(27-17-3-1-2-4-18(17)29-30-36(33)34)28-22(21)26-15-5-7-16(8-6-15)31-9-11-35-12-10-31/h5-8,13-14,17-18,29-30H,1-4,9-12H2,(H,33,34)(H,24,25,32)(H2,26,27,28)/p-1/t17-,18+/m0/s1. The van der Waals surface area contributed by atoms with Crippen LogP contribution in [0.5, 0.6) is 0 Å². The maximum atomic E-state index is 12.7. The summed E-state index contributed by atoms with van der Waals surface area (Å²) >= 11 is -2.40. The highest BCUT2D eigenvalue weighted by molar-refractivity contribution is 7.76. The number of nitrogens with zero attached hydrogens (tertiary/aromatic N) is 3. The number of benzene rings is 1. The average Bonchev–Trinajstić information content (AvgIpc) is 2.89. The molecule has 1 saturated carbocycles. The Morgan fingerprint density at radius 3 is 2.61 bits per heavy atom. The fourth-order valence-corrected chi connectivity index (χ4v) is 5.01. The number of H-pyrrole nitrogens is 1. The Morgan fingerprint density at radius 1 is 1.11 bits per heavy atom. The van der Waals surface area contributed by atoms with Crippen LogP contribution in [0.3, 0.4) is 0 Å². The molecule has 1 aliphatic heterocycles. The largest absolute Gasteiger partial charge is 0.759 e. The van der Waals surface area contributed by atoms with E-state index in [2.05, 4.69) is 35.8 Å². The summed E-state index contributed by atoms with van der Waals surface area (Å²) in [5.74, 6) is 0.942. The first-order valence-corrected chi connectivity index (χ1v) is 13.1. The van der Waals surface area contributed by atoms with Crippen LogP contribution in [0.15, 0.2) is 41.5 Å². The minimum atomic E-state index is -2.40. The van der Waals surface area contributed by atoms with Crippen molar-refractivity contribution in [2.75, 3.05) is 41.8 Å². The summed E-state index contributed by atoms with van der Waals surface area (Å²) in [6, 6.07) is 9.56. The molecule has 1 aliphatic carbocycles. The maximum absolute atomic E-state index is 12.7. The summed E-state index contributed by atoms with van der Waals surface area (Å²) in [5.41, 5.74) is 4.99. The van der Waals surface area contributed by atoms with Crippen molar-refractivity contribution in [2.45, 2.75) is 37.8 Å². The number of nitrogens with one attached hydrogen (secondary N) is 5. The molecule has 5 N–H and O–H groups in total. The van der Waals surface area contributed by atoms with Crippen LogP contribution >= 0.6 is 0 Å². The molecule has 2 aliphatic rings. The lowest BCUT2D eigenvalue weighted by Crippen LogP contribution is -2.52. The molecular formula is C23H29N8O4S-. The lowest BCUT2D eigenvalue weighted by Gasteiger charge is -2.33. The van der Waals surface area contributed by atoms with Crippen molar-refractivity contribution in [1.82, 2.24) is 25.2 Å². The van der Waals surface area contributed by atoms with Crippen LogP contribution in [0.1, 0.15) is 25.7 Å². The van der Waals surface area contributed by atoms with Gasteiger partial charge in [-0.1, -0.05) is 12.8 Å². The van der Waals surface area contributed by atoms with Gasteiger partial charge >= 0.3 is 0 Å². The number of ether oxygens (including phenoxy) is 1. The van der Waals surface area contributed by atoms with Gasteiger partial charge in [-0.2, -0.15) is 4.83 Å². The smallest absolute Gasteiger partial charge is 0.262 e. The molecule has 36 heavy (non-hydrogen) atoms. The van der Waals surface area contributed by atoms with Crippen molar-refractivity contribution in [1.29, 1.82) is 0 Å². The molecule has 2 aromatic heterocycles. The Morgan fingerprint density at radius 2 is 1.86 bits per heavy atom. The third-order valence-electron chi connectivity index (χ3n) is 6.56. The van der Waals surface area contributed by atoms with Crippen LogP contribution < -0.4 is 31.3 Å². The van der Waals surface area contributed by atoms with Gasteiger partial charge in [0.2, 0.25) is 0 Å². The van der Waals surface area contributed by atoms with E-state index in [0.717, 1.165) is 50.1 Å². The highest BCUT2D eigenvalue weighted by Crippen LogP contribution is 2.28. The van der Waals surface area contributed by atoms with Gasteiger partial charge < -0.3 is 29.8 Å². The fourth-order valence-electron chi connectivity index (χ4n) is 4.76. The number of hydrogen-bond acceptors (Lipinski definition) is 10. The zero-order chi connectivity index (χ0) is 24.9. The van der Waals surface area contributed by atoms with Crippen molar-refractivity contribution in [3.05, 3.63) is 47.0 Å². The first-order chi connectivity index (χ1) is 17.6. The van der Waals surface area contributed by atoms with E-state index in [9.17, 15) is 13.6 Å². The molecule has 0 amide bonds. The quantitative estimate of drug-likeness (QED) is 0.221. The van der Waals surface area contributed by atoms with E-state index in [0.29, 0.717) is 35.8 Å². The molecule has 1 unspecified atom stereocenters. The molecule has 192 valence electrons. The van der Waals surface area contributed by atoms with Crippen molar-refractivity contribution < 1.29 is 13.5 Å². The zero-order valence-electron chi connectivity index (χ0n) is 19.7. The van der Waals surface area contributed by atoms with Gasteiger partial charge in [-0.3, -0.25) is 9.00 Å². The Labute approximate surface area is 210 Å². The van der Waals surface area contributed by atoms with Gasteiger partial charge in [0.15, 0.2) is 0 Å².